The summed E-state index contributed by atoms with van der Waals surface area (Å²) in [6, 6.07) is 3.63. The summed E-state index contributed by atoms with van der Waals surface area (Å²) < 4.78 is 11.9. The Bertz CT molecular complexity index is 417. The van der Waals surface area contributed by atoms with Crippen LogP contribution in [0.5, 0.6) is 0 Å². The molecule has 17 heavy (non-hydrogen) atoms. The lowest BCUT2D eigenvalue weighted by Gasteiger charge is -2.11. The first-order chi connectivity index (χ1) is 8.04. The lowest BCUT2D eigenvalue weighted by molar-refractivity contribution is -0.137. The van der Waals surface area contributed by atoms with Gasteiger partial charge in [0.15, 0.2) is 0 Å². The van der Waals surface area contributed by atoms with Crippen molar-refractivity contribution < 1.29 is 13.3 Å². The highest BCUT2D eigenvalue weighted by Crippen LogP contribution is 2.19. The van der Waals surface area contributed by atoms with Gasteiger partial charge in [-0.1, -0.05) is 0 Å². The van der Waals surface area contributed by atoms with Gasteiger partial charge in [-0.3, -0.25) is 0 Å². The first kappa shape index (κ1) is 14.5. The van der Waals surface area contributed by atoms with Gasteiger partial charge in [-0.2, -0.15) is 20.1 Å². The van der Waals surface area contributed by atoms with Crippen LogP contribution < -0.4 is 0 Å². The van der Waals surface area contributed by atoms with Gasteiger partial charge < -0.3 is 13.1 Å². The van der Waals surface area contributed by atoms with Gasteiger partial charge in [0.25, 0.3) is 0 Å². The highest BCUT2D eigenvalue weighted by Gasteiger charge is 2.22. The molecule has 0 unspecified atom stereocenters. The molecule has 92 valence electrons. The molecule has 1 aromatic rings. The van der Waals surface area contributed by atoms with Crippen LogP contribution >= 0.6 is 20.1 Å². The van der Waals surface area contributed by atoms with Gasteiger partial charge in [0.2, 0.25) is 0 Å². The zero-order valence-corrected chi connectivity index (χ0v) is 12.2. The van der Waals surface area contributed by atoms with Crippen molar-refractivity contribution >= 4 is 44.5 Å². The molecule has 7 heteroatoms. The van der Waals surface area contributed by atoms with Crippen LogP contribution in [0.2, 0.25) is 0 Å². The molecule has 0 aromatic carbocycles. The summed E-state index contributed by atoms with van der Waals surface area (Å²) in [5.74, 6) is -0.149. The summed E-state index contributed by atoms with van der Waals surface area (Å²) in [7, 11) is 13.2. The Labute approximate surface area is 113 Å². The van der Waals surface area contributed by atoms with Crippen molar-refractivity contribution in [2.45, 2.75) is 6.92 Å². The third kappa shape index (κ3) is 4.65. The smallest absolute Gasteiger partial charge is 0.618 e. The van der Waals surface area contributed by atoms with E-state index in [1.807, 2.05) is 19.3 Å². The summed E-state index contributed by atoms with van der Waals surface area (Å²) in [5.41, 5.74) is 0.719. The maximum atomic E-state index is 11.4. The van der Waals surface area contributed by atoms with E-state index in [2.05, 4.69) is 0 Å². The van der Waals surface area contributed by atoms with Crippen molar-refractivity contribution in [3.8, 4) is 0 Å². The Balaban J connectivity index is 2.96. The minimum absolute atomic E-state index is 0.304. The highest BCUT2D eigenvalue weighted by molar-refractivity contribution is 7.31. The minimum Gasteiger partial charge on any atom is -0.618 e. The van der Waals surface area contributed by atoms with Crippen LogP contribution in [0.25, 0.3) is 5.76 Å². The number of ether oxygens (including phenoxy) is 1. The Kier molecular flexibility index (Phi) is 5.93. The standard InChI is InChI=1S/C10H13NO3.Al.2ClH/c1-3-14-10(13)7-9(12)8-5-4-6-11(8)2;;;/h4-7,12H,3H2,1-2H3;;2*1H/q;+3;;/p-3/b9-7-;;;. The van der Waals surface area contributed by atoms with Gasteiger partial charge in [0.05, 0.1) is 18.4 Å². The Morgan fingerprint density at radius 3 is 2.76 bits per heavy atom. The summed E-state index contributed by atoms with van der Waals surface area (Å²) >= 11 is -2.32. The van der Waals surface area contributed by atoms with Gasteiger partial charge in [-0.25, -0.2) is 4.79 Å². The molecule has 1 rings (SSSR count). The summed E-state index contributed by atoms with van der Waals surface area (Å²) in [6.45, 7) is 2.04. The molecule has 0 amide bonds. The first-order valence-electron chi connectivity index (χ1n) is 4.99. The lowest BCUT2D eigenvalue weighted by Crippen LogP contribution is -2.08. The molecular weight excluding hydrogens is 280 g/mol. The van der Waals surface area contributed by atoms with Crippen LogP contribution in [0.4, 0.5) is 0 Å². The second kappa shape index (κ2) is 6.97. The van der Waals surface area contributed by atoms with Gasteiger partial charge in [-0.15, -0.1) is 0 Å². The molecule has 1 aromatic heterocycles. The van der Waals surface area contributed by atoms with Gasteiger partial charge in [0, 0.05) is 13.2 Å². The average molecular weight is 292 g/mol. The topological polar surface area (TPSA) is 40.5 Å². The van der Waals surface area contributed by atoms with Crippen LogP contribution in [-0.2, 0) is 20.4 Å². The molecule has 4 nitrogen and oxygen atoms in total. The number of carbonyl (C=O) groups is 1. The predicted molar refractivity (Wildman–Crippen MR) is 68.6 cm³/mol. The van der Waals surface area contributed by atoms with Crippen LogP contribution in [0.1, 0.15) is 12.6 Å². The summed E-state index contributed by atoms with van der Waals surface area (Å²) in [6.07, 6.45) is 3.08. The summed E-state index contributed by atoms with van der Waals surface area (Å²) in [4.78, 5) is 11.4. The van der Waals surface area contributed by atoms with E-state index in [-0.39, 0.29) is 0 Å². The number of halogens is 2. The van der Waals surface area contributed by atoms with Crippen molar-refractivity contribution in [1.82, 2.24) is 4.57 Å². The van der Waals surface area contributed by atoms with E-state index in [0.29, 0.717) is 12.4 Å². The molecule has 0 bridgehead atoms. The number of carbonyl (C=O) groups excluding carboxylic acids is 1. The van der Waals surface area contributed by atoms with Gasteiger partial charge >= 0.3 is 18.6 Å². The fourth-order valence-corrected chi connectivity index (χ4v) is 2.23. The molecular formula is C10H12AlCl2NO3. The number of esters is 1. The first-order valence-corrected chi connectivity index (χ1v) is 8.95. The van der Waals surface area contributed by atoms with Crippen LogP contribution in [0.3, 0.4) is 0 Å². The molecule has 0 saturated heterocycles. The lowest BCUT2D eigenvalue weighted by atomic mass is 10.3. The van der Waals surface area contributed by atoms with E-state index in [1.54, 1.807) is 17.6 Å². The number of hydrogen-bond donors (Lipinski definition) is 0. The van der Waals surface area contributed by atoms with Gasteiger partial charge in [0.1, 0.15) is 5.76 Å². The molecule has 0 N–H and O–H groups in total. The molecule has 1 heterocycles. The number of aromatic nitrogens is 1. The van der Waals surface area contributed by atoms with Crippen molar-refractivity contribution in [2.24, 2.45) is 7.05 Å². The Morgan fingerprint density at radius 1 is 1.59 bits per heavy atom. The zero-order chi connectivity index (χ0) is 12.8. The van der Waals surface area contributed by atoms with E-state index >= 15 is 0 Å². The van der Waals surface area contributed by atoms with E-state index in [4.69, 9.17) is 28.6 Å². The molecule has 0 aliphatic carbocycles. The SMILES string of the molecule is CCOC(=O)/C=C(\[O][Al]([Cl])[Cl])c1cccn1C. The highest BCUT2D eigenvalue weighted by atomic mass is 35.7. The molecule has 0 spiro atoms. The van der Waals surface area contributed by atoms with Crippen LogP contribution in [0.15, 0.2) is 24.4 Å². The quantitative estimate of drug-likeness (QED) is 0.362. The average Bonchev–Trinajstić information content (AvgIpc) is 2.63. The van der Waals surface area contributed by atoms with E-state index in [0.717, 1.165) is 5.69 Å². The minimum atomic E-state index is -2.32. The maximum Gasteiger partial charge on any atom is 0.815 e. The van der Waals surface area contributed by atoms with Crippen molar-refractivity contribution in [1.29, 1.82) is 0 Å². The van der Waals surface area contributed by atoms with Crippen LogP contribution in [0, 0.1) is 0 Å². The Hall–Kier alpha value is -0.598. The third-order valence-corrected chi connectivity index (χ3v) is 2.91. The second-order valence-electron chi connectivity index (χ2n) is 3.14. The largest absolute Gasteiger partial charge is 0.815 e. The van der Waals surface area contributed by atoms with Crippen molar-refractivity contribution in [3.05, 3.63) is 30.1 Å². The van der Waals surface area contributed by atoms with E-state index < -0.39 is 18.6 Å². The fourth-order valence-electron chi connectivity index (χ4n) is 1.27. The second-order valence-corrected chi connectivity index (χ2v) is 6.95. The normalized spacial score (nSPS) is 11.2. The van der Waals surface area contributed by atoms with E-state index in [9.17, 15) is 4.79 Å². The number of nitrogens with zero attached hydrogens (tertiary/aromatic N) is 1. The molecule has 0 fully saturated rings. The van der Waals surface area contributed by atoms with Crippen molar-refractivity contribution in [2.75, 3.05) is 6.61 Å². The fraction of sp³-hybridized carbons (Fsp3) is 0.300. The molecule has 0 aliphatic heterocycles. The number of rotatable bonds is 5. The van der Waals surface area contributed by atoms with Crippen LogP contribution in [-0.4, -0.2) is 29.8 Å². The number of aryl methyl sites for hydroxylation is 1. The Morgan fingerprint density at radius 2 is 2.29 bits per heavy atom. The molecule has 0 atom stereocenters. The monoisotopic (exact) mass is 291 g/mol. The molecule has 0 aliphatic rings. The van der Waals surface area contributed by atoms with Gasteiger partial charge in [-0.05, 0) is 19.1 Å². The third-order valence-electron chi connectivity index (χ3n) is 1.95. The number of hydrogen-bond acceptors (Lipinski definition) is 3. The maximum absolute atomic E-state index is 11.4. The van der Waals surface area contributed by atoms with E-state index in [1.165, 1.54) is 6.08 Å². The van der Waals surface area contributed by atoms with Crippen molar-refractivity contribution in [3.63, 3.8) is 0 Å². The molecule has 0 radical (unpaired) electrons. The summed E-state index contributed by atoms with van der Waals surface area (Å²) in [5, 5.41) is 0. The zero-order valence-electron chi connectivity index (χ0n) is 9.52. The predicted octanol–water partition coefficient (Wildman–Crippen LogP) is 2.41. The molecule has 0 saturated carbocycles.